The summed E-state index contributed by atoms with van der Waals surface area (Å²) in [4.78, 5) is 10.8. The van der Waals surface area contributed by atoms with Gasteiger partial charge >= 0.3 is 12.1 Å². The molecular weight excluding hydrogens is 261 g/mol. The molecule has 0 fully saturated rings. The van der Waals surface area contributed by atoms with Gasteiger partial charge in [0.05, 0.1) is 22.5 Å². The molecule has 19 heavy (non-hydrogen) atoms. The molecule has 7 heteroatoms. The van der Waals surface area contributed by atoms with Crippen LogP contribution in [0, 0.1) is 6.92 Å². The van der Waals surface area contributed by atoms with Crippen LogP contribution in [-0.2, 0) is 6.18 Å². The van der Waals surface area contributed by atoms with Gasteiger partial charge in [-0.15, -0.1) is 0 Å². The van der Waals surface area contributed by atoms with Gasteiger partial charge in [-0.25, -0.2) is 9.48 Å². The van der Waals surface area contributed by atoms with Gasteiger partial charge in [-0.2, -0.15) is 18.3 Å². The van der Waals surface area contributed by atoms with E-state index in [2.05, 4.69) is 5.10 Å². The Morgan fingerprint density at radius 1 is 1.32 bits per heavy atom. The van der Waals surface area contributed by atoms with Crippen LogP contribution in [-0.4, -0.2) is 20.9 Å². The highest BCUT2D eigenvalue weighted by atomic mass is 19.4. The summed E-state index contributed by atoms with van der Waals surface area (Å²) in [5.74, 6) is -1.62. The number of aromatic carboxylic acids is 1. The molecule has 4 nitrogen and oxygen atoms in total. The second kappa shape index (κ2) is 4.42. The molecule has 2 rings (SSSR count). The lowest BCUT2D eigenvalue weighted by Gasteiger charge is -2.12. The number of hydrogen-bond acceptors (Lipinski definition) is 2. The van der Waals surface area contributed by atoms with Gasteiger partial charge in [-0.1, -0.05) is 0 Å². The van der Waals surface area contributed by atoms with Crippen LogP contribution in [0.2, 0.25) is 0 Å². The van der Waals surface area contributed by atoms with E-state index in [0.29, 0.717) is 5.69 Å². The second-order valence-electron chi connectivity index (χ2n) is 3.93. The Balaban J connectivity index is 2.59. The summed E-state index contributed by atoms with van der Waals surface area (Å²) in [7, 11) is 0. The normalized spacial score (nSPS) is 11.6. The number of alkyl halides is 3. The molecule has 0 saturated carbocycles. The number of aryl methyl sites for hydroxylation is 1. The van der Waals surface area contributed by atoms with Gasteiger partial charge in [-0.3, -0.25) is 0 Å². The summed E-state index contributed by atoms with van der Waals surface area (Å²) in [5, 5.41) is 12.8. The largest absolute Gasteiger partial charge is 0.478 e. The first-order valence-corrected chi connectivity index (χ1v) is 5.26. The molecule has 1 N–H and O–H groups in total. The lowest BCUT2D eigenvalue weighted by Crippen LogP contribution is -2.14. The molecule has 0 aliphatic heterocycles. The zero-order valence-electron chi connectivity index (χ0n) is 9.77. The number of nitrogens with zero attached hydrogens (tertiary/aromatic N) is 2. The van der Waals surface area contributed by atoms with E-state index >= 15 is 0 Å². The monoisotopic (exact) mass is 270 g/mol. The highest BCUT2D eigenvalue weighted by Gasteiger charge is 2.35. The number of hydrogen-bond donors (Lipinski definition) is 1. The zero-order chi connectivity index (χ0) is 14.2. The van der Waals surface area contributed by atoms with E-state index in [1.165, 1.54) is 16.9 Å². The molecule has 0 aliphatic rings. The van der Waals surface area contributed by atoms with Crippen molar-refractivity contribution < 1.29 is 23.1 Å². The van der Waals surface area contributed by atoms with Gasteiger partial charge < -0.3 is 5.11 Å². The molecule has 0 spiro atoms. The van der Waals surface area contributed by atoms with E-state index in [1.54, 1.807) is 13.0 Å². The third-order valence-corrected chi connectivity index (χ3v) is 2.53. The van der Waals surface area contributed by atoms with Gasteiger partial charge in [0.15, 0.2) is 0 Å². The summed E-state index contributed by atoms with van der Waals surface area (Å²) >= 11 is 0. The third kappa shape index (κ3) is 2.59. The van der Waals surface area contributed by atoms with Crippen molar-refractivity contribution in [3.63, 3.8) is 0 Å². The SMILES string of the molecule is Cc1ccn(-c2ccc(C(=O)O)c(C(F)(F)F)c2)n1. The van der Waals surface area contributed by atoms with Gasteiger partial charge in [0.1, 0.15) is 0 Å². The second-order valence-corrected chi connectivity index (χ2v) is 3.93. The quantitative estimate of drug-likeness (QED) is 0.912. The summed E-state index contributed by atoms with van der Waals surface area (Å²) in [6, 6.07) is 4.62. The van der Waals surface area contributed by atoms with Crippen LogP contribution < -0.4 is 0 Å². The summed E-state index contributed by atoms with van der Waals surface area (Å²) in [6.45, 7) is 1.70. The van der Waals surface area contributed by atoms with Crippen molar-refractivity contribution in [2.75, 3.05) is 0 Å². The summed E-state index contributed by atoms with van der Waals surface area (Å²) in [5.41, 5.74) is -1.16. The molecule has 1 heterocycles. The van der Waals surface area contributed by atoms with Crippen LogP contribution in [0.25, 0.3) is 5.69 Å². The standard InChI is InChI=1S/C12H9F3N2O2/c1-7-4-5-17(16-7)8-2-3-9(11(18)19)10(6-8)12(13,14)15/h2-6H,1H3,(H,18,19). The van der Waals surface area contributed by atoms with Crippen LogP contribution in [0.1, 0.15) is 21.6 Å². The highest BCUT2D eigenvalue weighted by Crippen LogP contribution is 2.33. The van der Waals surface area contributed by atoms with E-state index < -0.39 is 23.3 Å². The van der Waals surface area contributed by atoms with Gasteiger partial charge in [0.2, 0.25) is 0 Å². The minimum Gasteiger partial charge on any atom is -0.478 e. The first-order valence-electron chi connectivity index (χ1n) is 5.26. The number of carbonyl (C=O) groups is 1. The van der Waals surface area contributed by atoms with Crippen molar-refractivity contribution in [3.8, 4) is 5.69 Å². The maximum atomic E-state index is 12.8. The summed E-state index contributed by atoms with van der Waals surface area (Å²) < 4.78 is 39.7. The predicted molar refractivity (Wildman–Crippen MR) is 60.3 cm³/mol. The van der Waals surface area contributed by atoms with Crippen molar-refractivity contribution in [2.24, 2.45) is 0 Å². The number of carboxylic acid groups (broad SMARTS) is 1. The smallest absolute Gasteiger partial charge is 0.417 e. The Labute approximate surface area is 106 Å². The van der Waals surface area contributed by atoms with Gasteiger partial charge in [0.25, 0.3) is 0 Å². The van der Waals surface area contributed by atoms with E-state index in [0.717, 1.165) is 12.1 Å². The zero-order valence-corrected chi connectivity index (χ0v) is 9.77. The van der Waals surface area contributed by atoms with Crippen molar-refractivity contribution in [1.29, 1.82) is 0 Å². The average Bonchev–Trinajstić information content (AvgIpc) is 2.74. The fourth-order valence-corrected chi connectivity index (χ4v) is 1.65. The average molecular weight is 270 g/mol. The molecule has 1 aromatic heterocycles. The Bertz CT molecular complexity index is 632. The Morgan fingerprint density at radius 3 is 2.47 bits per heavy atom. The summed E-state index contributed by atoms with van der Waals surface area (Å²) in [6.07, 6.45) is -3.23. The Hall–Kier alpha value is -2.31. The number of aromatic nitrogens is 2. The van der Waals surface area contributed by atoms with Crippen molar-refractivity contribution in [1.82, 2.24) is 9.78 Å². The van der Waals surface area contributed by atoms with Crippen LogP contribution >= 0.6 is 0 Å². The maximum Gasteiger partial charge on any atom is 0.417 e. The minimum absolute atomic E-state index is 0.158. The molecule has 0 radical (unpaired) electrons. The molecule has 2 aromatic rings. The third-order valence-electron chi connectivity index (χ3n) is 2.53. The highest BCUT2D eigenvalue weighted by molar-refractivity contribution is 5.90. The van der Waals surface area contributed by atoms with E-state index in [1.807, 2.05) is 0 Å². The Kier molecular flexibility index (Phi) is 3.05. The minimum atomic E-state index is -4.73. The molecular formula is C12H9F3N2O2. The number of carboxylic acids is 1. The lowest BCUT2D eigenvalue weighted by molar-refractivity contribution is -0.138. The van der Waals surface area contributed by atoms with E-state index in [-0.39, 0.29) is 5.69 Å². The first-order chi connectivity index (χ1) is 8.79. The molecule has 100 valence electrons. The van der Waals surface area contributed by atoms with Crippen LogP contribution in [0.4, 0.5) is 13.2 Å². The van der Waals surface area contributed by atoms with E-state index in [4.69, 9.17) is 5.11 Å². The molecule has 1 aromatic carbocycles. The molecule has 0 saturated heterocycles. The van der Waals surface area contributed by atoms with Crippen LogP contribution in [0.5, 0.6) is 0 Å². The van der Waals surface area contributed by atoms with Crippen molar-refractivity contribution in [3.05, 3.63) is 47.3 Å². The molecule has 0 aliphatic carbocycles. The van der Waals surface area contributed by atoms with Crippen LogP contribution in [0.3, 0.4) is 0 Å². The molecule has 0 atom stereocenters. The van der Waals surface area contributed by atoms with Crippen LogP contribution in [0.15, 0.2) is 30.5 Å². The number of halogens is 3. The number of rotatable bonds is 2. The van der Waals surface area contributed by atoms with Gasteiger partial charge in [-0.05, 0) is 31.2 Å². The van der Waals surface area contributed by atoms with Crippen molar-refractivity contribution >= 4 is 5.97 Å². The first kappa shape index (κ1) is 13.1. The maximum absolute atomic E-state index is 12.8. The molecule has 0 unspecified atom stereocenters. The molecule has 0 amide bonds. The topological polar surface area (TPSA) is 55.1 Å². The fourth-order valence-electron chi connectivity index (χ4n) is 1.65. The lowest BCUT2D eigenvalue weighted by atomic mass is 10.1. The fraction of sp³-hybridized carbons (Fsp3) is 0.167. The van der Waals surface area contributed by atoms with Gasteiger partial charge in [0, 0.05) is 6.20 Å². The predicted octanol–water partition coefficient (Wildman–Crippen LogP) is 2.90. The molecule has 0 bridgehead atoms. The number of benzene rings is 1. The van der Waals surface area contributed by atoms with Crippen molar-refractivity contribution in [2.45, 2.75) is 13.1 Å². The van der Waals surface area contributed by atoms with E-state index in [9.17, 15) is 18.0 Å². The Morgan fingerprint density at radius 2 is 2.00 bits per heavy atom.